The van der Waals surface area contributed by atoms with Gasteiger partial charge in [-0.2, -0.15) is 0 Å². The summed E-state index contributed by atoms with van der Waals surface area (Å²) in [5.41, 5.74) is 5.03. The molecule has 0 aliphatic carbocycles. The minimum absolute atomic E-state index is 0.533. The number of aliphatic hydroxyl groups excluding tert-OH is 1. The first kappa shape index (κ1) is 14.8. The number of pyridine rings is 2. The molecule has 3 heterocycles. The van der Waals surface area contributed by atoms with Crippen LogP contribution in [0.2, 0.25) is 0 Å². The van der Waals surface area contributed by atoms with E-state index in [9.17, 15) is 5.11 Å². The van der Waals surface area contributed by atoms with Crippen LogP contribution in [0.1, 0.15) is 24.2 Å². The van der Waals surface area contributed by atoms with Crippen LogP contribution >= 0.6 is 0 Å². The highest BCUT2D eigenvalue weighted by Crippen LogP contribution is 2.31. The molecular weight excluding hydrogens is 274 g/mol. The molecule has 1 atom stereocenters. The van der Waals surface area contributed by atoms with Crippen molar-refractivity contribution in [1.29, 1.82) is 0 Å². The van der Waals surface area contributed by atoms with Crippen LogP contribution in [0, 0.1) is 0 Å². The Labute approximate surface area is 130 Å². The highest BCUT2D eigenvalue weighted by Gasteiger charge is 2.17. The monoisotopic (exact) mass is 295 g/mol. The lowest BCUT2D eigenvalue weighted by Crippen LogP contribution is -2.10. The summed E-state index contributed by atoms with van der Waals surface area (Å²) < 4.78 is 2.09. The standard InChI is InChI=1S/C18H21N3O/c1-13(22)16-11-15-6-4-5-9-21(15)18(16)17-10-14(7-8-19-17)12-20(2)3/h4-11,13,22H,12H2,1-3H3. The van der Waals surface area contributed by atoms with Gasteiger partial charge in [0.2, 0.25) is 0 Å². The van der Waals surface area contributed by atoms with Crippen molar-refractivity contribution in [2.75, 3.05) is 14.1 Å². The Hall–Kier alpha value is -2.17. The number of hydrogen-bond donors (Lipinski definition) is 1. The summed E-state index contributed by atoms with van der Waals surface area (Å²) in [6.45, 7) is 2.66. The summed E-state index contributed by atoms with van der Waals surface area (Å²) in [6.07, 6.45) is 3.31. The van der Waals surface area contributed by atoms with E-state index in [0.717, 1.165) is 29.0 Å². The Morgan fingerprint density at radius 2 is 2.05 bits per heavy atom. The number of nitrogens with zero attached hydrogens (tertiary/aromatic N) is 3. The molecule has 1 unspecified atom stereocenters. The Bertz CT molecular complexity index is 790. The molecule has 0 amide bonds. The second kappa shape index (κ2) is 5.91. The van der Waals surface area contributed by atoms with Crippen molar-refractivity contribution in [2.45, 2.75) is 19.6 Å². The van der Waals surface area contributed by atoms with Gasteiger partial charge in [0, 0.05) is 30.0 Å². The maximum absolute atomic E-state index is 10.1. The molecule has 1 N–H and O–H groups in total. The van der Waals surface area contributed by atoms with E-state index >= 15 is 0 Å². The summed E-state index contributed by atoms with van der Waals surface area (Å²) in [5.74, 6) is 0. The summed E-state index contributed by atoms with van der Waals surface area (Å²) in [4.78, 5) is 6.66. The van der Waals surface area contributed by atoms with E-state index in [-0.39, 0.29) is 0 Å². The van der Waals surface area contributed by atoms with E-state index in [1.165, 1.54) is 5.56 Å². The quantitative estimate of drug-likeness (QED) is 0.804. The fourth-order valence-corrected chi connectivity index (χ4v) is 2.80. The van der Waals surface area contributed by atoms with Gasteiger partial charge in [0.1, 0.15) is 0 Å². The number of fused-ring (bicyclic) bond motifs is 1. The minimum Gasteiger partial charge on any atom is -0.389 e. The van der Waals surface area contributed by atoms with Crippen molar-refractivity contribution in [3.63, 3.8) is 0 Å². The molecule has 3 aromatic rings. The predicted octanol–water partition coefficient (Wildman–Crippen LogP) is 3.12. The van der Waals surface area contributed by atoms with Gasteiger partial charge >= 0.3 is 0 Å². The molecule has 0 saturated heterocycles. The molecule has 3 rings (SSSR count). The van der Waals surface area contributed by atoms with E-state index in [0.29, 0.717) is 0 Å². The van der Waals surface area contributed by atoms with E-state index in [2.05, 4.69) is 20.4 Å². The smallest absolute Gasteiger partial charge is 0.0877 e. The van der Waals surface area contributed by atoms with Crippen LogP contribution in [0.15, 0.2) is 48.8 Å². The average molecular weight is 295 g/mol. The maximum Gasteiger partial charge on any atom is 0.0877 e. The Morgan fingerprint density at radius 3 is 2.77 bits per heavy atom. The van der Waals surface area contributed by atoms with Gasteiger partial charge in [0.05, 0.1) is 17.5 Å². The lowest BCUT2D eigenvalue weighted by molar-refractivity contribution is 0.200. The van der Waals surface area contributed by atoms with E-state index in [1.54, 1.807) is 6.92 Å². The van der Waals surface area contributed by atoms with Gasteiger partial charge in [-0.1, -0.05) is 6.07 Å². The molecule has 0 aromatic carbocycles. The van der Waals surface area contributed by atoms with Crippen LogP contribution in [-0.4, -0.2) is 33.5 Å². The molecule has 22 heavy (non-hydrogen) atoms. The molecule has 114 valence electrons. The SMILES string of the molecule is CC(O)c1cc2ccccn2c1-c1cc(CN(C)C)ccn1. The number of rotatable bonds is 4. The largest absolute Gasteiger partial charge is 0.389 e. The second-order valence-corrected chi connectivity index (χ2v) is 5.91. The highest BCUT2D eigenvalue weighted by molar-refractivity contribution is 5.70. The molecule has 4 nitrogen and oxygen atoms in total. The molecule has 0 spiro atoms. The van der Waals surface area contributed by atoms with Crippen molar-refractivity contribution in [1.82, 2.24) is 14.3 Å². The van der Waals surface area contributed by atoms with Crippen molar-refractivity contribution >= 4 is 5.52 Å². The lowest BCUT2D eigenvalue weighted by atomic mass is 10.1. The highest BCUT2D eigenvalue weighted by atomic mass is 16.3. The first-order valence-electron chi connectivity index (χ1n) is 7.44. The van der Waals surface area contributed by atoms with Crippen LogP contribution < -0.4 is 0 Å². The van der Waals surface area contributed by atoms with Crippen LogP contribution in [0.25, 0.3) is 16.9 Å². The zero-order valence-corrected chi connectivity index (χ0v) is 13.2. The lowest BCUT2D eigenvalue weighted by Gasteiger charge is -2.12. The molecule has 0 fully saturated rings. The van der Waals surface area contributed by atoms with Gasteiger partial charge in [0.25, 0.3) is 0 Å². The number of aromatic nitrogens is 2. The van der Waals surface area contributed by atoms with Crippen molar-refractivity contribution in [3.05, 3.63) is 59.9 Å². The van der Waals surface area contributed by atoms with Gasteiger partial charge in [-0.3, -0.25) is 4.98 Å². The zero-order valence-electron chi connectivity index (χ0n) is 13.2. The fraction of sp³-hybridized carbons (Fsp3) is 0.278. The topological polar surface area (TPSA) is 40.8 Å². The molecule has 0 aliphatic rings. The van der Waals surface area contributed by atoms with E-state index in [1.807, 2.05) is 56.8 Å². The van der Waals surface area contributed by atoms with Gasteiger partial charge in [0.15, 0.2) is 0 Å². The first-order chi connectivity index (χ1) is 10.6. The van der Waals surface area contributed by atoms with Gasteiger partial charge < -0.3 is 14.4 Å². The van der Waals surface area contributed by atoms with Crippen molar-refractivity contribution < 1.29 is 5.11 Å². The molecular formula is C18H21N3O. The fourth-order valence-electron chi connectivity index (χ4n) is 2.80. The first-order valence-corrected chi connectivity index (χ1v) is 7.44. The second-order valence-electron chi connectivity index (χ2n) is 5.91. The van der Waals surface area contributed by atoms with Crippen LogP contribution in [0.3, 0.4) is 0 Å². The molecule has 0 aliphatic heterocycles. The van der Waals surface area contributed by atoms with E-state index < -0.39 is 6.10 Å². The Balaban J connectivity index is 2.18. The third-order valence-corrected chi connectivity index (χ3v) is 3.72. The van der Waals surface area contributed by atoms with E-state index in [4.69, 9.17) is 0 Å². The summed E-state index contributed by atoms with van der Waals surface area (Å²) >= 11 is 0. The minimum atomic E-state index is -0.533. The summed E-state index contributed by atoms with van der Waals surface area (Å²) in [6, 6.07) is 12.2. The van der Waals surface area contributed by atoms with Gasteiger partial charge in [-0.05, 0) is 56.9 Å². The number of hydrogen-bond acceptors (Lipinski definition) is 3. The Morgan fingerprint density at radius 1 is 1.23 bits per heavy atom. The molecule has 3 aromatic heterocycles. The molecule has 0 saturated carbocycles. The van der Waals surface area contributed by atoms with Crippen LogP contribution in [0.4, 0.5) is 0 Å². The Kier molecular flexibility index (Phi) is 3.96. The maximum atomic E-state index is 10.1. The van der Waals surface area contributed by atoms with Crippen LogP contribution in [0.5, 0.6) is 0 Å². The number of aliphatic hydroxyl groups is 1. The summed E-state index contributed by atoms with van der Waals surface area (Å²) in [5, 5.41) is 10.1. The normalized spacial score (nSPS) is 13.0. The molecule has 0 radical (unpaired) electrons. The predicted molar refractivity (Wildman–Crippen MR) is 88.7 cm³/mol. The third-order valence-electron chi connectivity index (χ3n) is 3.72. The molecule has 0 bridgehead atoms. The third kappa shape index (κ3) is 2.75. The van der Waals surface area contributed by atoms with Crippen LogP contribution in [-0.2, 0) is 6.54 Å². The summed E-state index contributed by atoms with van der Waals surface area (Å²) in [7, 11) is 4.10. The average Bonchev–Trinajstić information content (AvgIpc) is 2.86. The zero-order chi connectivity index (χ0) is 15.7. The van der Waals surface area contributed by atoms with Gasteiger partial charge in [-0.15, -0.1) is 0 Å². The van der Waals surface area contributed by atoms with Crippen molar-refractivity contribution in [2.24, 2.45) is 0 Å². The van der Waals surface area contributed by atoms with Crippen molar-refractivity contribution in [3.8, 4) is 11.4 Å². The van der Waals surface area contributed by atoms with Gasteiger partial charge in [-0.25, -0.2) is 0 Å². The molecule has 4 heteroatoms.